The molecule has 0 spiro atoms. The Balaban J connectivity index is 2.78. The molecule has 90 valence electrons. The predicted octanol–water partition coefficient (Wildman–Crippen LogP) is 3.11. The van der Waals surface area contributed by atoms with Crippen LogP contribution in [-0.4, -0.2) is 25.4 Å². The number of halogens is 2. The zero-order chi connectivity index (χ0) is 12.1. The summed E-state index contributed by atoms with van der Waals surface area (Å²) in [6, 6.07) is 3.54. The van der Waals surface area contributed by atoms with Gasteiger partial charge in [-0.2, -0.15) is 0 Å². The van der Waals surface area contributed by atoms with Gasteiger partial charge >= 0.3 is 0 Å². The van der Waals surface area contributed by atoms with Crippen molar-refractivity contribution >= 4 is 27.5 Å². The Labute approximate surface area is 109 Å². The van der Waals surface area contributed by atoms with Crippen LogP contribution in [0.15, 0.2) is 16.6 Å². The smallest absolute Gasteiger partial charge is 0.139 e. The molecule has 0 aliphatic rings. The third kappa shape index (κ3) is 3.63. The van der Waals surface area contributed by atoms with E-state index in [0.717, 1.165) is 16.6 Å². The molecule has 1 unspecified atom stereocenters. The number of hydrogen-bond donors (Lipinski definition) is 2. The maximum atomic E-state index is 9.82. The number of hydrogen-bond acceptors (Lipinski definition) is 3. The Bertz CT molecular complexity index is 360. The zero-order valence-corrected chi connectivity index (χ0v) is 11.6. The highest BCUT2D eigenvalue weighted by molar-refractivity contribution is 9.10. The van der Waals surface area contributed by atoms with Crippen molar-refractivity contribution in [1.29, 1.82) is 0 Å². The quantitative estimate of drug-likeness (QED) is 0.821. The second-order valence-corrected chi connectivity index (χ2v) is 4.82. The number of ether oxygens (including phenoxy) is 1. The first kappa shape index (κ1) is 13.8. The number of nitrogens with one attached hydrogen (secondary N) is 1. The first-order chi connectivity index (χ1) is 7.56. The Morgan fingerprint density at radius 1 is 1.56 bits per heavy atom. The molecule has 0 amide bonds. The molecule has 0 aromatic heterocycles. The Hall–Kier alpha value is -0.290. The second kappa shape index (κ2) is 6.45. The van der Waals surface area contributed by atoms with Gasteiger partial charge in [-0.05, 0) is 19.1 Å². The molecule has 1 rings (SSSR count). The fourth-order valence-corrected chi connectivity index (χ4v) is 2.24. The van der Waals surface area contributed by atoms with Crippen molar-refractivity contribution in [3.8, 4) is 5.75 Å². The van der Waals surface area contributed by atoms with Crippen LogP contribution in [0.4, 0.5) is 0 Å². The van der Waals surface area contributed by atoms with Crippen LogP contribution < -0.4 is 5.32 Å². The van der Waals surface area contributed by atoms with Crippen LogP contribution in [0.2, 0.25) is 5.02 Å². The molecule has 2 N–H and O–H groups in total. The van der Waals surface area contributed by atoms with Crippen molar-refractivity contribution in [1.82, 2.24) is 5.32 Å². The van der Waals surface area contributed by atoms with Gasteiger partial charge in [-0.25, -0.2) is 0 Å². The van der Waals surface area contributed by atoms with Crippen molar-refractivity contribution in [2.45, 2.75) is 13.0 Å². The van der Waals surface area contributed by atoms with Gasteiger partial charge in [0, 0.05) is 29.7 Å². The summed E-state index contributed by atoms with van der Waals surface area (Å²) < 4.78 is 5.80. The van der Waals surface area contributed by atoms with Gasteiger partial charge < -0.3 is 15.2 Å². The van der Waals surface area contributed by atoms with Gasteiger partial charge in [0.2, 0.25) is 0 Å². The molecule has 0 heterocycles. The summed E-state index contributed by atoms with van der Waals surface area (Å²) >= 11 is 9.24. The summed E-state index contributed by atoms with van der Waals surface area (Å²) in [5.74, 6) is 0.127. The van der Waals surface area contributed by atoms with Crippen LogP contribution in [0.25, 0.3) is 0 Å². The van der Waals surface area contributed by atoms with Crippen LogP contribution in [0.1, 0.15) is 18.5 Å². The van der Waals surface area contributed by atoms with Crippen LogP contribution in [-0.2, 0) is 4.74 Å². The summed E-state index contributed by atoms with van der Waals surface area (Å²) in [5.41, 5.74) is 0.774. The topological polar surface area (TPSA) is 41.5 Å². The lowest BCUT2D eigenvalue weighted by molar-refractivity contribution is 0.196. The molecule has 0 fully saturated rings. The number of rotatable bonds is 5. The number of aromatic hydroxyl groups is 1. The van der Waals surface area contributed by atoms with E-state index in [1.807, 2.05) is 13.0 Å². The maximum Gasteiger partial charge on any atom is 0.139 e. The SMILES string of the molecule is COCCNC(C)c1cc(Br)cc(Cl)c1O. The van der Waals surface area contributed by atoms with Gasteiger partial charge in [-0.15, -0.1) is 0 Å². The number of benzene rings is 1. The molecule has 0 aliphatic carbocycles. The molecule has 0 aliphatic heterocycles. The molecule has 0 bridgehead atoms. The minimum Gasteiger partial charge on any atom is -0.506 e. The third-order valence-corrected chi connectivity index (χ3v) is 3.03. The van der Waals surface area contributed by atoms with Gasteiger partial charge in [0.1, 0.15) is 5.75 Å². The monoisotopic (exact) mass is 307 g/mol. The van der Waals surface area contributed by atoms with E-state index in [-0.39, 0.29) is 11.8 Å². The van der Waals surface area contributed by atoms with Gasteiger partial charge in [-0.3, -0.25) is 0 Å². The van der Waals surface area contributed by atoms with E-state index in [0.29, 0.717) is 11.6 Å². The van der Waals surface area contributed by atoms with Crippen molar-refractivity contribution in [3.63, 3.8) is 0 Å². The minimum absolute atomic E-state index is 0.0187. The second-order valence-electron chi connectivity index (χ2n) is 3.49. The van der Waals surface area contributed by atoms with Crippen molar-refractivity contribution in [2.24, 2.45) is 0 Å². The van der Waals surface area contributed by atoms with Crippen LogP contribution >= 0.6 is 27.5 Å². The summed E-state index contributed by atoms with van der Waals surface area (Å²) in [7, 11) is 1.65. The Kier molecular flexibility index (Phi) is 5.55. The first-order valence-electron chi connectivity index (χ1n) is 4.96. The van der Waals surface area contributed by atoms with E-state index in [2.05, 4.69) is 21.2 Å². The average Bonchev–Trinajstić information content (AvgIpc) is 2.23. The van der Waals surface area contributed by atoms with E-state index in [1.54, 1.807) is 13.2 Å². The van der Waals surface area contributed by atoms with Crippen molar-refractivity contribution in [2.75, 3.05) is 20.3 Å². The normalized spacial score (nSPS) is 12.8. The van der Waals surface area contributed by atoms with Crippen molar-refractivity contribution in [3.05, 3.63) is 27.2 Å². The minimum atomic E-state index is 0.0187. The molecular weight excluding hydrogens is 293 g/mol. The van der Waals surface area contributed by atoms with E-state index >= 15 is 0 Å². The molecule has 5 heteroatoms. The molecular formula is C11H15BrClNO2. The summed E-state index contributed by atoms with van der Waals surface area (Å²) in [6.07, 6.45) is 0. The van der Waals surface area contributed by atoms with Crippen molar-refractivity contribution < 1.29 is 9.84 Å². The molecule has 0 saturated carbocycles. The summed E-state index contributed by atoms with van der Waals surface area (Å²) in [4.78, 5) is 0. The van der Waals surface area contributed by atoms with Crippen LogP contribution in [0.3, 0.4) is 0 Å². The Morgan fingerprint density at radius 3 is 2.88 bits per heavy atom. The highest BCUT2D eigenvalue weighted by Crippen LogP contribution is 2.34. The number of phenols is 1. The fourth-order valence-electron chi connectivity index (χ4n) is 1.40. The lowest BCUT2D eigenvalue weighted by Gasteiger charge is -2.16. The van der Waals surface area contributed by atoms with Gasteiger partial charge in [0.15, 0.2) is 0 Å². The highest BCUT2D eigenvalue weighted by Gasteiger charge is 2.13. The van der Waals surface area contributed by atoms with Gasteiger partial charge in [0.05, 0.1) is 11.6 Å². The van der Waals surface area contributed by atoms with E-state index < -0.39 is 0 Å². The zero-order valence-electron chi connectivity index (χ0n) is 9.26. The lowest BCUT2D eigenvalue weighted by atomic mass is 10.1. The molecule has 1 atom stereocenters. The molecule has 3 nitrogen and oxygen atoms in total. The first-order valence-corrected chi connectivity index (χ1v) is 6.13. The molecule has 1 aromatic carbocycles. The van der Waals surface area contributed by atoms with E-state index in [1.165, 1.54) is 0 Å². The summed E-state index contributed by atoms with van der Waals surface area (Å²) in [6.45, 7) is 3.32. The highest BCUT2D eigenvalue weighted by atomic mass is 79.9. The maximum absolute atomic E-state index is 9.82. The predicted molar refractivity (Wildman–Crippen MR) is 69.1 cm³/mol. The van der Waals surface area contributed by atoms with Gasteiger partial charge in [0.25, 0.3) is 0 Å². The van der Waals surface area contributed by atoms with Crippen LogP contribution in [0, 0.1) is 0 Å². The largest absolute Gasteiger partial charge is 0.506 e. The number of phenolic OH excluding ortho intramolecular Hbond substituents is 1. The third-order valence-electron chi connectivity index (χ3n) is 2.28. The van der Waals surface area contributed by atoms with E-state index in [4.69, 9.17) is 16.3 Å². The van der Waals surface area contributed by atoms with Crippen LogP contribution in [0.5, 0.6) is 5.75 Å². The fraction of sp³-hybridized carbons (Fsp3) is 0.455. The summed E-state index contributed by atoms with van der Waals surface area (Å²) in [5, 5.41) is 13.4. The molecule has 1 aromatic rings. The molecule has 16 heavy (non-hydrogen) atoms. The lowest BCUT2D eigenvalue weighted by Crippen LogP contribution is -2.22. The average molecular weight is 309 g/mol. The molecule has 0 saturated heterocycles. The Morgan fingerprint density at radius 2 is 2.25 bits per heavy atom. The van der Waals surface area contributed by atoms with E-state index in [9.17, 15) is 5.11 Å². The number of methoxy groups -OCH3 is 1. The standard InChI is InChI=1S/C11H15BrClNO2/c1-7(14-3-4-16-2)9-5-8(12)6-10(13)11(9)15/h5-7,14-15H,3-4H2,1-2H3. The van der Waals surface area contributed by atoms with Gasteiger partial charge in [-0.1, -0.05) is 27.5 Å². The molecule has 0 radical (unpaired) electrons.